The van der Waals surface area contributed by atoms with E-state index in [0.717, 1.165) is 12.8 Å². The fraction of sp³-hybridized carbons (Fsp3) is 0.500. The fourth-order valence-corrected chi connectivity index (χ4v) is 2.47. The molecule has 3 N–H and O–H groups in total. The molecule has 0 atom stereocenters. The molecular weight excluding hydrogens is 190 g/mol. The summed E-state index contributed by atoms with van der Waals surface area (Å²) < 4.78 is 5.26. The van der Waals surface area contributed by atoms with Gasteiger partial charge in [0, 0.05) is 18.6 Å². The highest BCUT2D eigenvalue weighted by atomic mass is 16.5. The van der Waals surface area contributed by atoms with E-state index in [0.29, 0.717) is 12.4 Å². The van der Waals surface area contributed by atoms with E-state index in [2.05, 4.69) is 0 Å². The summed E-state index contributed by atoms with van der Waals surface area (Å²) in [5, 5.41) is 9.24. The van der Waals surface area contributed by atoms with Crippen LogP contribution in [0.15, 0.2) is 24.3 Å². The van der Waals surface area contributed by atoms with Gasteiger partial charge < -0.3 is 15.6 Å². The number of rotatable bonds is 3. The molecule has 1 saturated carbocycles. The van der Waals surface area contributed by atoms with E-state index in [9.17, 15) is 5.11 Å². The summed E-state index contributed by atoms with van der Waals surface area (Å²) in [4.78, 5) is 0. The summed E-state index contributed by atoms with van der Waals surface area (Å²) in [6.07, 6.45) is 1.93. The van der Waals surface area contributed by atoms with Crippen LogP contribution in [0.3, 0.4) is 0 Å². The molecule has 0 aliphatic heterocycles. The van der Waals surface area contributed by atoms with Crippen molar-refractivity contribution in [3.05, 3.63) is 29.8 Å². The van der Waals surface area contributed by atoms with Gasteiger partial charge in [-0.1, -0.05) is 12.1 Å². The first-order chi connectivity index (χ1) is 7.16. The van der Waals surface area contributed by atoms with E-state index >= 15 is 0 Å². The van der Waals surface area contributed by atoms with Crippen molar-refractivity contribution >= 4 is 0 Å². The van der Waals surface area contributed by atoms with E-state index in [1.54, 1.807) is 19.2 Å². The van der Waals surface area contributed by atoms with Crippen molar-refractivity contribution in [1.29, 1.82) is 0 Å². The van der Waals surface area contributed by atoms with E-state index in [1.807, 2.05) is 12.1 Å². The lowest BCUT2D eigenvalue weighted by molar-refractivity contribution is 0.0661. The highest BCUT2D eigenvalue weighted by Crippen LogP contribution is 2.43. The molecule has 0 amide bonds. The summed E-state index contributed by atoms with van der Waals surface area (Å²) >= 11 is 0. The Morgan fingerprint density at radius 2 is 2.00 bits per heavy atom. The highest BCUT2D eigenvalue weighted by molar-refractivity contribution is 5.34. The maximum atomic E-state index is 9.24. The van der Waals surface area contributed by atoms with E-state index < -0.39 is 0 Å². The lowest BCUT2D eigenvalue weighted by Gasteiger charge is -2.46. The minimum atomic E-state index is 0.0713. The zero-order valence-electron chi connectivity index (χ0n) is 8.94. The lowest BCUT2D eigenvalue weighted by atomic mass is 9.62. The normalized spacial score (nSPS) is 29.9. The Bertz CT molecular complexity index is 322. The smallest absolute Gasteiger partial charge is 0.115 e. The quantitative estimate of drug-likeness (QED) is 0.787. The highest BCUT2D eigenvalue weighted by Gasteiger charge is 2.43. The average Bonchev–Trinajstić information content (AvgIpc) is 2.16. The summed E-state index contributed by atoms with van der Waals surface area (Å²) in [6.45, 7) is 0.700. The first-order valence-electron chi connectivity index (χ1n) is 5.20. The number of hydrogen-bond acceptors (Lipinski definition) is 3. The van der Waals surface area contributed by atoms with Crippen molar-refractivity contribution in [2.75, 3.05) is 13.7 Å². The molecule has 0 aromatic heterocycles. The van der Waals surface area contributed by atoms with Crippen LogP contribution in [-0.2, 0) is 10.2 Å². The molecule has 82 valence electrons. The largest absolute Gasteiger partial charge is 0.508 e. The number of phenolic OH excluding ortho intramolecular Hbond substituents is 1. The van der Waals surface area contributed by atoms with Crippen LogP contribution in [-0.4, -0.2) is 24.9 Å². The van der Waals surface area contributed by atoms with Crippen LogP contribution in [0.4, 0.5) is 0 Å². The maximum absolute atomic E-state index is 9.24. The first-order valence-corrected chi connectivity index (χ1v) is 5.20. The molecule has 0 bridgehead atoms. The van der Waals surface area contributed by atoms with Crippen molar-refractivity contribution < 1.29 is 9.84 Å². The van der Waals surface area contributed by atoms with Gasteiger partial charge in [0.05, 0.1) is 6.61 Å². The topological polar surface area (TPSA) is 55.5 Å². The zero-order chi connectivity index (χ0) is 10.9. The predicted octanol–water partition coefficient (Wildman–Crippen LogP) is 1.40. The van der Waals surface area contributed by atoms with Gasteiger partial charge in [0.1, 0.15) is 5.75 Å². The molecule has 2 rings (SSSR count). The Morgan fingerprint density at radius 3 is 2.47 bits per heavy atom. The number of hydrogen-bond donors (Lipinski definition) is 2. The van der Waals surface area contributed by atoms with Gasteiger partial charge in [0.2, 0.25) is 0 Å². The second-order valence-corrected chi connectivity index (χ2v) is 4.43. The molecule has 0 saturated heterocycles. The third-order valence-electron chi connectivity index (χ3n) is 3.21. The van der Waals surface area contributed by atoms with Crippen molar-refractivity contribution in [3.8, 4) is 5.75 Å². The number of ether oxygens (including phenoxy) is 1. The molecule has 0 unspecified atom stereocenters. The van der Waals surface area contributed by atoms with Crippen LogP contribution in [0, 0.1) is 0 Å². The summed E-state index contributed by atoms with van der Waals surface area (Å²) in [5.74, 6) is 0.301. The Hall–Kier alpha value is -1.06. The Kier molecular flexibility index (Phi) is 2.67. The van der Waals surface area contributed by atoms with E-state index in [-0.39, 0.29) is 11.5 Å². The van der Waals surface area contributed by atoms with Crippen molar-refractivity contribution in [3.63, 3.8) is 0 Å². The SMILES string of the molecule is COCC1(c2ccc(O)cc2)CC(N)C1. The molecule has 3 heteroatoms. The molecule has 1 aliphatic rings. The van der Waals surface area contributed by atoms with Gasteiger partial charge in [-0.2, -0.15) is 0 Å². The van der Waals surface area contributed by atoms with Gasteiger partial charge >= 0.3 is 0 Å². The molecule has 1 aliphatic carbocycles. The van der Waals surface area contributed by atoms with Gasteiger partial charge in [-0.15, -0.1) is 0 Å². The second kappa shape index (κ2) is 3.83. The van der Waals surface area contributed by atoms with Crippen LogP contribution in [0.25, 0.3) is 0 Å². The third kappa shape index (κ3) is 1.85. The number of nitrogens with two attached hydrogens (primary N) is 1. The Morgan fingerprint density at radius 1 is 1.40 bits per heavy atom. The molecular formula is C12H17NO2. The molecule has 3 nitrogen and oxygen atoms in total. The third-order valence-corrected chi connectivity index (χ3v) is 3.21. The van der Waals surface area contributed by atoms with Gasteiger partial charge in [-0.05, 0) is 30.5 Å². The predicted molar refractivity (Wildman–Crippen MR) is 58.9 cm³/mol. The zero-order valence-corrected chi connectivity index (χ0v) is 8.94. The van der Waals surface area contributed by atoms with E-state index in [1.165, 1.54) is 5.56 Å². The standard InChI is InChI=1S/C12H17NO2/c1-15-8-12(6-10(13)7-12)9-2-4-11(14)5-3-9/h2-5,10,14H,6-8,13H2,1H3. The molecule has 1 fully saturated rings. The lowest BCUT2D eigenvalue weighted by Crippen LogP contribution is -2.51. The second-order valence-electron chi connectivity index (χ2n) is 4.43. The summed E-state index contributed by atoms with van der Waals surface area (Å²) in [6, 6.07) is 7.64. The van der Waals surface area contributed by atoms with Crippen LogP contribution in [0.5, 0.6) is 5.75 Å². The van der Waals surface area contributed by atoms with Gasteiger partial charge in [-0.25, -0.2) is 0 Å². The molecule has 0 heterocycles. The number of methoxy groups -OCH3 is 1. The fourth-order valence-electron chi connectivity index (χ4n) is 2.47. The summed E-state index contributed by atoms with van der Waals surface area (Å²) in [7, 11) is 1.71. The first kappa shape index (κ1) is 10.5. The number of aromatic hydroxyl groups is 1. The monoisotopic (exact) mass is 207 g/mol. The molecule has 1 aromatic rings. The molecule has 0 spiro atoms. The Balaban J connectivity index is 2.22. The van der Waals surface area contributed by atoms with Crippen LogP contribution < -0.4 is 5.73 Å². The minimum absolute atomic E-state index is 0.0713. The van der Waals surface area contributed by atoms with Crippen molar-refractivity contribution in [1.82, 2.24) is 0 Å². The Labute approximate surface area is 89.9 Å². The minimum Gasteiger partial charge on any atom is -0.508 e. The van der Waals surface area contributed by atoms with Gasteiger partial charge in [0.25, 0.3) is 0 Å². The average molecular weight is 207 g/mol. The van der Waals surface area contributed by atoms with Gasteiger partial charge in [-0.3, -0.25) is 0 Å². The number of phenols is 1. The van der Waals surface area contributed by atoms with Crippen LogP contribution in [0.2, 0.25) is 0 Å². The summed E-state index contributed by atoms with van der Waals surface area (Å²) in [5.41, 5.74) is 7.13. The van der Waals surface area contributed by atoms with Crippen LogP contribution >= 0.6 is 0 Å². The maximum Gasteiger partial charge on any atom is 0.115 e. The van der Waals surface area contributed by atoms with Crippen molar-refractivity contribution in [2.24, 2.45) is 5.73 Å². The molecule has 1 aromatic carbocycles. The molecule has 15 heavy (non-hydrogen) atoms. The molecule has 0 radical (unpaired) electrons. The number of benzene rings is 1. The van der Waals surface area contributed by atoms with E-state index in [4.69, 9.17) is 10.5 Å². The van der Waals surface area contributed by atoms with Gasteiger partial charge in [0.15, 0.2) is 0 Å². The van der Waals surface area contributed by atoms with Crippen molar-refractivity contribution in [2.45, 2.75) is 24.3 Å². The van der Waals surface area contributed by atoms with Crippen LogP contribution in [0.1, 0.15) is 18.4 Å².